The average Bonchev–Trinajstić information content (AvgIpc) is 2.89. The smallest absolute Gasteiger partial charge is 0.282 e. The highest BCUT2D eigenvalue weighted by Gasteiger charge is 2.35. The summed E-state index contributed by atoms with van der Waals surface area (Å²) in [6, 6.07) is 10.9. The Morgan fingerprint density at radius 2 is 1.69 bits per heavy atom. The minimum Gasteiger partial charge on any atom is -0.493 e. The van der Waals surface area contributed by atoms with Crippen LogP contribution < -0.4 is 19.9 Å². The van der Waals surface area contributed by atoms with Gasteiger partial charge in [-0.15, -0.1) is 0 Å². The number of ether oxygens (including phenoxy) is 2. The monoisotopic (exact) mass is 352 g/mol. The van der Waals surface area contributed by atoms with Crippen molar-refractivity contribution in [1.82, 2.24) is 5.43 Å². The van der Waals surface area contributed by atoms with E-state index in [1.54, 1.807) is 31.4 Å². The summed E-state index contributed by atoms with van der Waals surface area (Å²) in [7, 11) is 3.08. The molecule has 3 rings (SSSR count). The number of hydrazine groups is 1. The van der Waals surface area contributed by atoms with Gasteiger partial charge in [-0.1, -0.05) is 23.8 Å². The number of aryl methyl sites for hydroxylation is 2. The van der Waals surface area contributed by atoms with Gasteiger partial charge in [-0.3, -0.25) is 15.0 Å². The van der Waals surface area contributed by atoms with Gasteiger partial charge in [0.2, 0.25) is 0 Å². The van der Waals surface area contributed by atoms with Gasteiger partial charge >= 0.3 is 0 Å². The van der Waals surface area contributed by atoms with Crippen LogP contribution in [0.1, 0.15) is 16.7 Å². The van der Waals surface area contributed by atoms with E-state index in [9.17, 15) is 9.59 Å². The van der Waals surface area contributed by atoms with E-state index in [-0.39, 0.29) is 5.57 Å². The Kier molecular flexibility index (Phi) is 4.67. The fourth-order valence-electron chi connectivity index (χ4n) is 2.89. The summed E-state index contributed by atoms with van der Waals surface area (Å²) in [6.07, 6.45) is 1.54. The number of nitrogens with one attached hydrogen (secondary N) is 1. The van der Waals surface area contributed by atoms with Gasteiger partial charge < -0.3 is 9.47 Å². The molecule has 134 valence electrons. The summed E-state index contributed by atoms with van der Waals surface area (Å²) in [5.74, 6) is 0.272. The van der Waals surface area contributed by atoms with Crippen LogP contribution in [0, 0.1) is 13.8 Å². The van der Waals surface area contributed by atoms with Gasteiger partial charge in [-0.2, -0.15) is 0 Å². The zero-order chi connectivity index (χ0) is 18.8. The zero-order valence-corrected chi connectivity index (χ0v) is 15.1. The highest BCUT2D eigenvalue weighted by Crippen LogP contribution is 2.30. The van der Waals surface area contributed by atoms with E-state index < -0.39 is 11.8 Å². The molecule has 26 heavy (non-hydrogen) atoms. The van der Waals surface area contributed by atoms with Crippen LogP contribution in [0.3, 0.4) is 0 Å². The van der Waals surface area contributed by atoms with Gasteiger partial charge in [0.05, 0.1) is 19.9 Å². The van der Waals surface area contributed by atoms with Crippen molar-refractivity contribution in [2.45, 2.75) is 13.8 Å². The number of benzene rings is 2. The lowest BCUT2D eigenvalue weighted by atomic mass is 10.1. The topological polar surface area (TPSA) is 67.9 Å². The van der Waals surface area contributed by atoms with E-state index >= 15 is 0 Å². The molecule has 0 bridgehead atoms. The van der Waals surface area contributed by atoms with Crippen molar-refractivity contribution in [2.75, 3.05) is 19.2 Å². The molecule has 6 heteroatoms. The van der Waals surface area contributed by atoms with Gasteiger partial charge in [0.1, 0.15) is 5.57 Å². The predicted octanol–water partition coefficient (Wildman–Crippen LogP) is 2.78. The third-order valence-corrected chi connectivity index (χ3v) is 4.20. The molecule has 1 heterocycles. The van der Waals surface area contributed by atoms with Gasteiger partial charge in [-0.05, 0) is 49.2 Å². The first kappa shape index (κ1) is 17.5. The van der Waals surface area contributed by atoms with Crippen molar-refractivity contribution in [3.63, 3.8) is 0 Å². The molecule has 1 N–H and O–H groups in total. The number of hydrogen-bond donors (Lipinski definition) is 1. The molecular weight excluding hydrogens is 332 g/mol. The first-order chi connectivity index (χ1) is 12.4. The van der Waals surface area contributed by atoms with Crippen LogP contribution in [0.15, 0.2) is 42.0 Å². The Labute approximate surface area is 152 Å². The van der Waals surface area contributed by atoms with E-state index in [1.165, 1.54) is 12.1 Å². The molecular formula is C20H20N2O4. The summed E-state index contributed by atoms with van der Waals surface area (Å²) in [4.78, 5) is 25.1. The summed E-state index contributed by atoms with van der Waals surface area (Å²) in [6.45, 7) is 3.88. The van der Waals surface area contributed by atoms with Crippen molar-refractivity contribution in [3.8, 4) is 11.5 Å². The van der Waals surface area contributed by atoms with E-state index in [2.05, 4.69) is 5.43 Å². The summed E-state index contributed by atoms with van der Waals surface area (Å²) in [5, 5.41) is 1.28. The Morgan fingerprint density at radius 1 is 0.962 bits per heavy atom. The molecule has 0 radical (unpaired) electrons. The minimum atomic E-state index is -0.440. The predicted molar refractivity (Wildman–Crippen MR) is 99.1 cm³/mol. The van der Waals surface area contributed by atoms with Crippen LogP contribution in [0.2, 0.25) is 0 Å². The van der Waals surface area contributed by atoms with E-state index in [1.807, 2.05) is 32.0 Å². The first-order valence-corrected chi connectivity index (χ1v) is 8.11. The maximum absolute atomic E-state index is 12.8. The molecule has 6 nitrogen and oxygen atoms in total. The number of amides is 2. The summed E-state index contributed by atoms with van der Waals surface area (Å²) < 4.78 is 10.5. The molecule has 0 spiro atoms. The molecule has 2 aromatic rings. The molecule has 0 aliphatic carbocycles. The Hall–Kier alpha value is -3.28. The lowest BCUT2D eigenvalue weighted by Crippen LogP contribution is -2.36. The van der Waals surface area contributed by atoms with Crippen molar-refractivity contribution >= 4 is 23.6 Å². The molecule has 1 saturated heterocycles. The van der Waals surface area contributed by atoms with Crippen LogP contribution in [0.5, 0.6) is 11.5 Å². The zero-order valence-electron chi connectivity index (χ0n) is 15.1. The second-order valence-corrected chi connectivity index (χ2v) is 6.04. The van der Waals surface area contributed by atoms with Gasteiger partial charge in [0.25, 0.3) is 11.8 Å². The van der Waals surface area contributed by atoms with Crippen molar-refractivity contribution < 1.29 is 19.1 Å². The van der Waals surface area contributed by atoms with Crippen LogP contribution in [0.25, 0.3) is 6.08 Å². The van der Waals surface area contributed by atoms with E-state index in [0.717, 1.165) is 11.1 Å². The highest BCUT2D eigenvalue weighted by molar-refractivity contribution is 6.31. The number of anilines is 1. The number of methoxy groups -OCH3 is 2. The quantitative estimate of drug-likeness (QED) is 0.679. The molecule has 0 aromatic heterocycles. The standard InChI is InChI=1S/C20H20N2O4/c1-12-5-7-16(13(2)9-12)22-20(24)15(19(23)21-22)10-14-6-8-17(25-3)18(11-14)26-4/h5-11H,1-4H3,(H,21,23)/b15-10+. The SMILES string of the molecule is COc1ccc(/C=C2\C(=O)NN(c3ccc(C)cc3C)C2=O)cc1OC. The number of rotatable bonds is 4. The van der Waals surface area contributed by atoms with Crippen molar-refractivity contribution in [3.05, 3.63) is 58.7 Å². The van der Waals surface area contributed by atoms with Gasteiger partial charge in [0, 0.05) is 0 Å². The Bertz CT molecular complexity index is 918. The molecule has 0 unspecified atom stereocenters. The molecule has 0 atom stereocenters. The largest absolute Gasteiger partial charge is 0.493 e. The average molecular weight is 352 g/mol. The van der Waals surface area contributed by atoms with Crippen molar-refractivity contribution in [2.24, 2.45) is 0 Å². The van der Waals surface area contributed by atoms with Crippen LogP contribution in [-0.2, 0) is 9.59 Å². The van der Waals surface area contributed by atoms with Gasteiger partial charge in [-0.25, -0.2) is 5.01 Å². The molecule has 1 aliphatic rings. The van der Waals surface area contributed by atoms with Crippen LogP contribution in [-0.4, -0.2) is 26.0 Å². The molecule has 0 saturated carbocycles. The van der Waals surface area contributed by atoms with Crippen LogP contribution >= 0.6 is 0 Å². The second-order valence-electron chi connectivity index (χ2n) is 6.04. The maximum Gasteiger partial charge on any atom is 0.282 e. The first-order valence-electron chi connectivity index (χ1n) is 8.11. The molecule has 1 fully saturated rings. The number of carbonyl (C=O) groups is 2. The molecule has 2 amide bonds. The number of carbonyl (C=O) groups excluding carboxylic acids is 2. The minimum absolute atomic E-state index is 0.0668. The Balaban J connectivity index is 1.95. The fourth-order valence-corrected chi connectivity index (χ4v) is 2.89. The summed E-state index contributed by atoms with van der Waals surface area (Å²) >= 11 is 0. The lowest BCUT2D eigenvalue weighted by molar-refractivity contribution is -0.117. The fraction of sp³-hybridized carbons (Fsp3) is 0.200. The Morgan fingerprint density at radius 3 is 2.35 bits per heavy atom. The van der Waals surface area contributed by atoms with E-state index in [0.29, 0.717) is 22.7 Å². The molecule has 2 aromatic carbocycles. The normalized spacial score (nSPS) is 15.4. The lowest BCUT2D eigenvalue weighted by Gasteiger charge is -2.17. The summed E-state index contributed by atoms with van der Waals surface area (Å²) in [5.41, 5.74) is 6.01. The number of nitrogens with zero attached hydrogens (tertiary/aromatic N) is 1. The van der Waals surface area contributed by atoms with Crippen LogP contribution in [0.4, 0.5) is 5.69 Å². The van der Waals surface area contributed by atoms with E-state index in [4.69, 9.17) is 9.47 Å². The van der Waals surface area contributed by atoms with Crippen molar-refractivity contribution in [1.29, 1.82) is 0 Å². The highest BCUT2D eigenvalue weighted by atomic mass is 16.5. The maximum atomic E-state index is 12.8. The molecule has 1 aliphatic heterocycles. The number of hydrogen-bond acceptors (Lipinski definition) is 4. The van der Waals surface area contributed by atoms with Gasteiger partial charge in [0.15, 0.2) is 11.5 Å². The third kappa shape index (κ3) is 3.13. The third-order valence-electron chi connectivity index (χ3n) is 4.20. The second kappa shape index (κ2) is 6.92.